The number of aliphatic imine (C=N–C) groups is 2. The van der Waals surface area contributed by atoms with Crippen LogP contribution in [0.1, 0.15) is 20.7 Å². The Morgan fingerprint density at radius 2 is 0.962 bits per heavy atom. The van der Waals surface area contributed by atoms with Gasteiger partial charge in [0.05, 0.1) is 11.1 Å². The van der Waals surface area contributed by atoms with E-state index in [-0.39, 0.29) is 23.0 Å². The quantitative estimate of drug-likeness (QED) is 0.136. The fraction of sp³-hybridized carbons (Fsp3) is 0. The van der Waals surface area contributed by atoms with E-state index in [9.17, 15) is 9.59 Å². The second-order valence-electron chi connectivity index (χ2n) is 4.31. The molecule has 0 atom stereocenters. The van der Waals surface area contributed by atoms with E-state index in [0.29, 0.717) is 0 Å². The van der Waals surface area contributed by atoms with E-state index < -0.39 is 23.9 Å². The highest BCUT2D eigenvalue weighted by molar-refractivity contribution is 5.96. The molecule has 0 aliphatic rings. The molecule has 0 saturated heterocycles. The SMILES string of the molecule is NC(N)=NC(N)=NOC(=O)c1ccc(C(=O)ON=C(N)N=C(N)N)cc1. The lowest BCUT2D eigenvalue weighted by atomic mass is 10.1. The molecule has 0 amide bonds. The highest BCUT2D eigenvalue weighted by Crippen LogP contribution is 2.08. The third kappa shape index (κ3) is 6.82. The van der Waals surface area contributed by atoms with Crippen LogP contribution in [0.4, 0.5) is 0 Å². The molecule has 14 nitrogen and oxygen atoms in total. The van der Waals surface area contributed by atoms with Gasteiger partial charge in [0.25, 0.3) is 11.9 Å². The molecule has 0 spiro atoms. The summed E-state index contributed by atoms with van der Waals surface area (Å²) in [4.78, 5) is 39.2. The van der Waals surface area contributed by atoms with E-state index in [1.807, 2.05) is 0 Å². The first-order valence-corrected chi connectivity index (χ1v) is 6.58. The molecule has 12 N–H and O–H groups in total. The smallest absolute Gasteiger partial charge is 0.365 e. The zero-order valence-electron chi connectivity index (χ0n) is 13.2. The molecule has 1 aromatic rings. The first-order valence-electron chi connectivity index (χ1n) is 6.58. The van der Waals surface area contributed by atoms with E-state index in [2.05, 4.69) is 30.0 Å². The standard InChI is InChI=1S/C12H16N10O4/c13-9(14)19-11(17)21-25-7(23)5-1-2-6(4-3-5)8(24)26-22-12(18)20-10(15)16/h1-4H,(H6,13,14,17,19,21)(H6,15,16,18,20,22). The van der Waals surface area contributed by atoms with Gasteiger partial charge in [0.1, 0.15) is 0 Å². The molecule has 1 aromatic carbocycles. The molecule has 0 unspecified atom stereocenters. The van der Waals surface area contributed by atoms with Crippen LogP contribution < -0.4 is 34.4 Å². The second-order valence-corrected chi connectivity index (χ2v) is 4.31. The predicted molar refractivity (Wildman–Crippen MR) is 92.1 cm³/mol. The second kappa shape index (κ2) is 9.06. The minimum Gasteiger partial charge on any atom is -0.370 e. The fourth-order valence-corrected chi connectivity index (χ4v) is 1.33. The summed E-state index contributed by atoms with van der Waals surface area (Å²) in [7, 11) is 0. The topological polar surface area (TPSA) is 258 Å². The van der Waals surface area contributed by atoms with Crippen LogP contribution in [0.5, 0.6) is 0 Å². The molecule has 138 valence electrons. The lowest BCUT2D eigenvalue weighted by molar-refractivity contribution is 0.0501. The lowest BCUT2D eigenvalue weighted by Gasteiger charge is -2.01. The Hall–Kier alpha value is -4.36. The van der Waals surface area contributed by atoms with Gasteiger partial charge in [-0.1, -0.05) is 0 Å². The molecular weight excluding hydrogens is 348 g/mol. The average molecular weight is 364 g/mol. The third-order valence-electron chi connectivity index (χ3n) is 2.29. The van der Waals surface area contributed by atoms with Crippen molar-refractivity contribution in [2.75, 3.05) is 0 Å². The van der Waals surface area contributed by atoms with Crippen LogP contribution >= 0.6 is 0 Å². The maximum Gasteiger partial charge on any atom is 0.365 e. The average Bonchev–Trinajstić information content (AvgIpc) is 2.56. The molecule has 0 saturated carbocycles. The summed E-state index contributed by atoms with van der Waals surface area (Å²) >= 11 is 0. The van der Waals surface area contributed by atoms with Crippen LogP contribution in [0.15, 0.2) is 44.6 Å². The van der Waals surface area contributed by atoms with Crippen molar-refractivity contribution in [1.29, 1.82) is 0 Å². The van der Waals surface area contributed by atoms with Crippen molar-refractivity contribution in [3.05, 3.63) is 35.4 Å². The van der Waals surface area contributed by atoms with Gasteiger partial charge in [-0.25, -0.2) is 9.59 Å². The molecule has 1 rings (SSSR count). The minimum atomic E-state index is -0.867. The monoisotopic (exact) mass is 364 g/mol. The summed E-state index contributed by atoms with van der Waals surface area (Å²) in [6, 6.07) is 5.09. The number of oxime groups is 2. The maximum absolute atomic E-state index is 11.7. The van der Waals surface area contributed by atoms with Gasteiger partial charge < -0.3 is 44.1 Å². The highest BCUT2D eigenvalue weighted by Gasteiger charge is 2.12. The van der Waals surface area contributed by atoms with E-state index in [1.54, 1.807) is 0 Å². The largest absolute Gasteiger partial charge is 0.370 e. The Morgan fingerprint density at radius 3 is 1.23 bits per heavy atom. The first-order chi connectivity index (χ1) is 12.2. The van der Waals surface area contributed by atoms with Crippen LogP contribution in [0.3, 0.4) is 0 Å². The number of nitrogens with zero attached hydrogens (tertiary/aromatic N) is 4. The van der Waals surface area contributed by atoms with Crippen molar-refractivity contribution in [2.24, 2.45) is 54.7 Å². The molecule has 0 aliphatic heterocycles. The number of carbonyl (C=O) groups excluding carboxylic acids is 2. The van der Waals surface area contributed by atoms with Crippen molar-refractivity contribution in [3.8, 4) is 0 Å². The normalized spacial score (nSPS) is 11.2. The van der Waals surface area contributed by atoms with Crippen molar-refractivity contribution >= 4 is 35.8 Å². The van der Waals surface area contributed by atoms with Crippen LogP contribution in [0, 0.1) is 0 Å². The van der Waals surface area contributed by atoms with E-state index in [0.717, 1.165) is 0 Å². The van der Waals surface area contributed by atoms with Crippen LogP contribution in [-0.4, -0.2) is 35.8 Å². The highest BCUT2D eigenvalue weighted by atomic mass is 16.7. The van der Waals surface area contributed by atoms with Gasteiger partial charge in [-0.3, -0.25) is 0 Å². The first kappa shape index (κ1) is 19.7. The Morgan fingerprint density at radius 1 is 0.654 bits per heavy atom. The zero-order valence-corrected chi connectivity index (χ0v) is 13.2. The van der Waals surface area contributed by atoms with Crippen LogP contribution in [-0.2, 0) is 9.68 Å². The van der Waals surface area contributed by atoms with E-state index in [1.165, 1.54) is 24.3 Å². The van der Waals surface area contributed by atoms with Gasteiger partial charge in [-0.15, -0.1) is 0 Å². The molecule has 0 heterocycles. The van der Waals surface area contributed by atoms with Crippen molar-refractivity contribution in [1.82, 2.24) is 0 Å². The van der Waals surface area contributed by atoms with Crippen molar-refractivity contribution < 1.29 is 19.3 Å². The molecule has 0 aromatic heterocycles. The van der Waals surface area contributed by atoms with Gasteiger partial charge in [0.2, 0.25) is 0 Å². The summed E-state index contributed by atoms with van der Waals surface area (Å²) in [5, 5.41) is 6.42. The predicted octanol–water partition coefficient (Wildman–Crippen LogP) is -2.99. The molecule has 0 bridgehead atoms. The van der Waals surface area contributed by atoms with E-state index >= 15 is 0 Å². The van der Waals surface area contributed by atoms with Crippen molar-refractivity contribution in [3.63, 3.8) is 0 Å². The minimum absolute atomic E-state index is 0.0614. The summed E-state index contributed by atoms with van der Waals surface area (Å²) in [5.74, 6) is -3.34. The molecule has 26 heavy (non-hydrogen) atoms. The summed E-state index contributed by atoms with van der Waals surface area (Å²) in [6.45, 7) is 0. The number of hydrogen-bond acceptors (Lipinski definition) is 6. The number of hydrogen-bond donors (Lipinski definition) is 6. The van der Waals surface area contributed by atoms with Gasteiger partial charge >= 0.3 is 11.9 Å². The lowest BCUT2D eigenvalue weighted by Crippen LogP contribution is -2.26. The number of nitrogens with two attached hydrogens (primary N) is 6. The Kier molecular flexibility index (Phi) is 6.86. The van der Waals surface area contributed by atoms with E-state index in [4.69, 9.17) is 34.4 Å². The van der Waals surface area contributed by atoms with Gasteiger partial charge in [-0.05, 0) is 34.6 Å². The fourth-order valence-electron chi connectivity index (χ4n) is 1.33. The Balaban J connectivity index is 2.73. The molecule has 0 radical (unpaired) electrons. The van der Waals surface area contributed by atoms with Gasteiger partial charge in [-0.2, -0.15) is 9.98 Å². The molecular formula is C12H16N10O4. The summed E-state index contributed by atoms with van der Waals surface area (Å²) in [6.07, 6.45) is 0. The van der Waals surface area contributed by atoms with Gasteiger partial charge in [0.15, 0.2) is 11.9 Å². The molecule has 0 fully saturated rings. The third-order valence-corrected chi connectivity index (χ3v) is 2.29. The zero-order chi connectivity index (χ0) is 19.7. The number of carbonyl (C=O) groups is 2. The number of guanidine groups is 4. The molecule has 0 aliphatic carbocycles. The summed E-state index contributed by atoms with van der Waals surface area (Å²) in [5.41, 5.74) is 30.9. The number of benzene rings is 1. The maximum atomic E-state index is 11.7. The molecule has 14 heteroatoms. The van der Waals surface area contributed by atoms with Crippen molar-refractivity contribution in [2.45, 2.75) is 0 Å². The summed E-state index contributed by atoms with van der Waals surface area (Å²) < 4.78 is 0. The van der Waals surface area contributed by atoms with Gasteiger partial charge in [0, 0.05) is 0 Å². The number of rotatable bonds is 4. The van der Waals surface area contributed by atoms with Crippen LogP contribution in [0.25, 0.3) is 0 Å². The Bertz CT molecular complexity index is 722. The Labute approximate surface area is 146 Å². The van der Waals surface area contributed by atoms with Crippen LogP contribution in [0.2, 0.25) is 0 Å².